The van der Waals surface area contributed by atoms with Gasteiger partial charge in [0.2, 0.25) is 0 Å². The molecular weight excluding hydrogens is 325 g/mol. The number of nitrogens with zero attached hydrogens (tertiary/aromatic N) is 1. The van der Waals surface area contributed by atoms with Gasteiger partial charge in [0.1, 0.15) is 11.4 Å². The predicted molar refractivity (Wildman–Crippen MR) is 80.9 cm³/mol. The lowest BCUT2D eigenvalue weighted by Crippen LogP contribution is -2.40. The zero-order chi connectivity index (χ0) is 17.3. The summed E-state index contributed by atoms with van der Waals surface area (Å²) >= 11 is 0. The van der Waals surface area contributed by atoms with Gasteiger partial charge in [-0.1, -0.05) is 6.07 Å². The zero-order valence-electron chi connectivity index (χ0n) is 13.0. The number of methoxy groups -OCH3 is 1. The van der Waals surface area contributed by atoms with Gasteiger partial charge in [-0.15, -0.1) is 13.2 Å². The van der Waals surface area contributed by atoms with Gasteiger partial charge in [-0.05, 0) is 31.0 Å². The summed E-state index contributed by atoms with van der Waals surface area (Å²) in [6.07, 6.45) is -3.16. The molecule has 2 heterocycles. The summed E-state index contributed by atoms with van der Waals surface area (Å²) < 4.78 is 46.7. The van der Waals surface area contributed by atoms with Crippen molar-refractivity contribution in [2.24, 2.45) is 0 Å². The van der Waals surface area contributed by atoms with Crippen molar-refractivity contribution in [3.8, 4) is 5.75 Å². The number of carbonyl (C=O) groups is 1. The number of halogens is 3. The lowest BCUT2D eigenvalue weighted by molar-refractivity contribution is -0.274. The average Bonchev–Trinajstić information content (AvgIpc) is 2.98. The van der Waals surface area contributed by atoms with Crippen LogP contribution >= 0.6 is 0 Å². The van der Waals surface area contributed by atoms with Gasteiger partial charge in [-0.2, -0.15) is 0 Å². The number of benzene rings is 1. The first-order chi connectivity index (χ1) is 11.4. The number of hydrogen-bond acceptors (Lipinski definition) is 3. The normalized spacial score (nSPS) is 16.6. The Hall–Kier alpha value is -2.22. The Balaban J connectivity index is 1.83. The molecule has 1 aromatic carbocycles. The fraction of sp³-hybridized carbons (Fsp3) is 0.438. The molecule has 8 heteroatoms. The molecule has 5 nitrogen and oxygen atoms in total. The number of alkyl halides is 3. The molecule has 0 saturated carbocycles. The monoisotopic (exact) mass is 342 g/mol. The van der Waals surface area contributed by atoms with Crippen LogP contribution in [0.4, 0.5) is 13.2 Å². The molecule has 0 unspecified atom stereocenters. The molecule has 1 fully saturated rings. The fourth-order valence-electron chi connectivity index (χ4n) is 2.92. The van der Waals surface area contributed by atoms with Gasteiger partial charge < -0.3 is 19.4 Å². The molecule has 24 heavy (non-hydrogen) atoms. The zero-order valence-corrected chi connectivity index (χ0v) is 13.0. The van der Waals surface area contributed by atoms with Crippen molar-refractivity contribution >= 4 is 16.8 Å². The topological polar surface area (TPSA) is 54.6 Å². The van der Waals surface area contributed by atoms with Crippen molar-refractivity contribution in [3.05, 3.63) is 30.0 Å². The van der Waals surface area contributed by atoms with Crippen LogP contribution in [0.2, 0.25) is 0 Å². The van der Waals surface area contributed by atoms with Crippen LogP contribution < -0.4 is 4.74 Å². The number of aromatic nitrogens is 1. The number of carbonyl (C=O) groups excluding carboxylic acids is 1. The first-order valence-electron chi connectivity index (χ1n) is 7.57. The van der Waals surface area contributed by atoms with E-state index in [-0.39, 0.29) is 28.8 Å². The minimum atomic E-state index is -4.78. The molecule has 0 aliphatic carbocycles. The van der Waals surface area contributed by atoms with E-state index >= 15 is 0 Å². The van der Waals surface area contributed by atoms with E-state index in [4.69, 9.17) is 4.74 Å². The molecule has 130 valence electrons. The number of rotatable bonds is 3. The van der Waals surface area contributed by atoms with E-state index in [0.29, 0.717) is 18.6 Å². The third-order valence-electron chi connectivity index (χ3n) is 4.14. The molecule has 0 bridgehead atoms. The molecule has 1 saturated heterocycles. The van der Waals surface area contributed by atoms with Crippen LogP contribution in [-0.4, -0.2) is 48.5 Å². The number of likely N-dealkylation sites (tertiary alicyclic amines) is 1. The summed E-state index contributed by atoms with van der Waals surface area (Å²) in [7, 11) is 1.64. The maximum Gasteiger partial charge on any atom is 0.573 e. The number of H-pyrrole nitrogens is 1. The first-order valence-corrected chi connectivity index (χ1v) is 7.57. The molecule has 3 rings (SSSR count). The molecule has 0 spiro atoms. The first kappa shape index (κ1) is 16.6. The van der Waals surface area contributed by atoms with Crippen molar-refractivity contribution in [1.82, 2.24) is 9.88 Å². The summed E-state index contributed by atoms with van der Waals surface area (Å²) in [5.41, 5.74) is 0.672. The number of ether oxygens (including phenoxy) is 2. The summed E-state index contributed by atoms with van der Waals surface area (Å²) in [6, 6.07) is 5.67. The number of nitrogens with one attached hydrogen (secondary N) is 1. The van der Waals surface area contributed by atoms with E-state index in [9.17, 15) is 18.0 Å². The SMILES string of the molecule is COC1CCN(C(=O)c2cc3c(OC(F)(F)F)cccc3[nH]2)CC1. The van der Waals surface area contributed by atoms with Gasteiger partial charge in [-0.25, -0.2) is 0 Å². The molecule has 1 N–H and O–H groups in total. The number of piperidine rings is 1. The van der Waals surface area contributed by atoms with Crippen molar-refractivity contribution in [2.75, 3.05) is 20.2 Å². The highest BCUT2D eigenvalue weighted by molar-refractivity contribution is 5.99. The molecule has 0 radical (unpaired) electrons. The Kier molecular flexibility index (Phi) is 4.40. The van der Waals surface area contributed by atoms with E-state index in [0.717, 1.165) is 12.8 Å². The van der Waals surface area contributed by atoms with Gasteiger partial charge in [-0.3, -0.25) is 4.79 Å². The van der Waals surface area contributed by atoms with Crippen LogP contribution in [0.25, 0.3) is 10.9 Å². The fourth-order valence-corrected chi connectivity index (χ4v) is 2.92. The van der Waals surface area contributed by atoms with Gasteiger partial charge >= 0.3 is 6.36 Å². The Bertz CT molecular complexity index is 734. The minimum absolute atomic E-state index is 0.142. The highest BCUT2D eigenvalue weighted by Crippen LogP contribution is 2.31. The second-order valence-corrected chi connectivity index (χ2v) is 5.68. The average molecular weight is 342 g/mol. The maximum absolute atomic E-state index is 12.6. The summed E-state index contributed by atoms with van der Waals surface area (Å²) in [5, 5.41) is 0.227. The van der Waals surface area contributed by atoms with Gasteiger partial charge in [0, 0.05) is 31.1 Å². The maximum atomic E-state index is 12.6. The van der Waals surface area contributed by atoms with Crippen LogP contribution in [0, 0.1) is 0 Å². The van der Waals surface area contributed by atoms with E-state index in [2.05, 4.69) is 9.72 Å². The summed E-state index contributed by atoms with van der Waals surface area (Å²) in [5.74, 6) is -0.563. The second kappa shape index (κ2) is 6.35. The summed E-state index contributed by atoms with van der Waals surface area (Å²) in [6.45, 7) is 1.11. The van der Waals surface area contributed by atoms with Crippen molar-refractivity contribution in [3.63, 3.8) is 0 Å². The third kappa shape index (κ3) is 3.48. The largest absolute Gasteiger partial charge is 0.573 e. The number of aromatic amines is 1. The highest BCUT2D eigenvalue weighted by atomic mass is 19.4. The predicted octanol–water partition coefficient (Wildman–Crippen LogP) is 3.32. The lowest BCUT2D eigenvalue weighted by atomic mass is 10.1. The number of fused-ring (bicyclic) bond motifs is 1. The molecule has 1 amide bonds. The number of hydrogen-bond donors (Lipinski definition) is 1. The third-order valence-corrected chi connectivity index (χ3v) is 4.14. The van der Waals surface area contributed by atoms with Crippen LogP contribution in [0.15, 0.2) is 24.3 Å². The Morgan fingerprint density at radius 3 is 2.62 bits per heavy atom. The van der Waals surface area contributed by atoms with Gasteiger partial charge in [0.05, 0.1) is 6.10 Å². The van der Waals surface area contributed by atoms with E-state index in [1.807, 2.05) is 0 Å². The number of amides is 1. The molecule has 1 aliphatic rings. The van der Waals surface area contributed by atoms with Gasteiger partial charge in [0.25, 0.3) is 5.91 Å². The molecule has 1 aliphatic heterocycles. The van der Waals surface area contributed by atoms with Crippen LogP contribution in [0.5, 0.6) is 5.75 Å². The highest BCUT2D eigenvalue weighted by Gasteiger charge is 2.32. The minimum Gasteiger partial charge on any atom is -0.405 e. The van der Waals surface area contributed by atoms with Crippen molar-refractivity contribution < 1.29 is 27.4 Å². The summed E-state index contributed by atoms with van der Waals surface area (Å²) in [4.78, 5) is 17.1. The van der Waals surface area contributed by atoms with Gasteiger partial charge in [0.15, 0.2) is 0 Å². The van der Waals surface area contributed by atoms with Crippen LogP contribution in [-0.2, 0) is 4.74 Å². The second-order valence-electron chi connectivity index (χ2n) is 5.68. The van der Waals surface area contributed by atoms with E-state index < -0.39 is 6.36 Å². The Morgan fingerprint density at radius 2 is 2.00 bits per heavy atom. The molecule has 1 aromatic heterocycles. The smallest absolute Gasteiger partial charge is 0.405 e. The molecule has 0 atom stereocenters. The Morgan fingerprint density at radius 1 is 1.29 bits per heavy atom. The van der Waals surface area contributed by atoms with Crippen LogP contribution in [0.3, 0.4) is 0 Å². The van der Waals surface area contributed by atoms with E-state index in [1.54, 1.807) is 18.1 Å². The standard InChI is InChI=1S/C16H17F3N2O3/c1-23-10-5-7-21(8-6-10)15(22)13-9-11-12(20-13)3-2-4-14(11)24-16(17,18)19/h2-4,9-10,20H,5-8H2,1H3. The molecule has 2 aromatic rings. The lowest BCUT2D eigenvalue weighted by Gasteiger charge is -2.30. The van der Waals surface area contributed by atoms with E-state index in [1.165, 1.54) is 18.2 Å². The molecular formula is C16H17F3N2O3. The van der Waals surface area contributed by atoms with Crippen LogP contribution in [0.1, 0.15) is 23.3 Å². The van der Waals surface area contributed by atoms with Crippen molar-refractivity contribution in [2.45, 2.75) is 25.3 Å². The Labute approximate surface area is 136 Å². The quantitative estimate of drug-likeness (QED) is 0.931. The van der Waals surface area contributed by atoms with Crippen molar-refractivity contribution in [1.29, 1.82) is 0 Å².